The van der Waals surface area contributed by atoms with Crippen LogP contribution in [-0.4, -0.2) is 33.4 Å². The summed E-state index contributed by atoms with van der Waals surface area (Å²) in [5, 5.41) is 23.2. The van der Waals surface area contributed by atoms with Crippen molar-refractivity contribution in [3.05, 3.63) is 87.1 Å². The Hall–Kier alpha value is -3.58. The molecular weight excluding hydrogens is 438 g/mol. The van der Waals surface area contributed by atoms with E-state index in [9.17, 15) is 19.8 Å². The third kappa shape index (κ3) is 4.50. The molecule has 33 heavy (non-hydrogen) atoms. The second-order valence-electron chi connectivity index (χ2n) is 7.93. The fourth-order valence-electron chi connectivity index (χ4n) is 3.98. The molecule has 7 heteroatoms. The van der Waals surface area contributed by atoms with E-state index in [1.165, 1.54) is 28.4 Å². The van der Waals surface area contributed by atoms with Crippen molar-refractivity contribution in [2.24, 2.45) is 0 Å². The number of Topliss-reactive ketones (excluding diaryl/α,β-unsaturated/α-hetero) is 1. The van der Waals surface area contributed by atoms with Gasteiger partial charge in [-0.2, -0.15) is 0 Å². The Bertz CT molecular complexity index is 1220. The molecule has 1 aromatic heterocycles. The third-order valence-corrected chi connectivity index (χ3v) is 6.40. The van der Waals surface area contributed by atoms with E-state index in [0.29, 0.717) is 23.5 Å². The lowest BCUT2D eigenvalue weighted by molar-refractivity contribution is -0.140. The van der Waals surface area contributed by atoms with E-state index in [0.717, 1.165) is 16.9 Å². The first kappa shape index (κ1) is 22.6. The van der Waals surface area contributed by atoms with E-state index >= 15 is 0 Å². The first-order chi connectivity index (χ1) is 15.9. The Labute approximate surface area is 196 Å². The van der Waals surface area contributed by atoms with Crippen LogP contribution in [0, 0.1) is 6.92 Å². The van der Waals surface area contributed by atoms with E-state index in [-0.39, 0.29) is 23.6 Å². The summed E-state index contributed by atoms with van der Waals surface area (Å²) < 4.78 is 5.71. The van der Waals surface area contributed by atoms with E-state index in [2.05, 4.69) is 0 Å². The molecule has 1 saturated heterocycles. The molecule has 0 aliphatic carbocycles. The van der Waals surface area contributed by atoms with Gasteiger partial charge in [-0.05, 0) is 66.2 Å². The summed E-state index contributed by atoms with van der Waals surface area (Å²) in [5.41, 5.74) is 1.79. The highest BCUT2D eigenvalue weighted by Gasteiger charge is 2.46. The molecule has 1 unspecified atom stereocenters. The summed E-state index contributed by atoms with van der Waals surface area (Å²) in [5.74, 6) is -0.960. The summed E-state index contributed by atoms with van der Waals surface area (Å²) in [4.78, 5) is 28.5. The smallest absolute Gasteiger partial charge is 0.295 e. The number of hydrogen-bond acceptors (Lipinski definition) is 6. The second-order valence-corrected chi connectivity index (χ2v) is 8.96. The zero-order valence-corrected chi connectivity index (χ0v) is 19.3. The molecule has 0 bridgehead atoms. The number of ether oxygens (including phenoxy) is 1. The van der Waals surface area contributed by atoms with Crippen molar-refractivity contribution >= 4 is 28.8 Å². The summed E-state index contributed by atoms with van der Waals surface area (Å²) in [7, 11) is 0. The highest BCUT2D eigenvalue weighted by atomic mass is 32.1. The topological polar surface area (TPSA) is 87.1 Å². The molecule has 0 radical (unpaired) electrons. The molecule has 4 rings (SSSR count). The number of carbonyl (C=O) groups excluding carboxylic acids is 2. The van der Waals surface area contributed by atoms with Crippen molar-refractivity contribution in [3.8, 4) is 11.5 Å². The molecule has 3 aromatic rings. The Kier molecular flexibility index (Phi) is 6.51. The minimum atomic E-state index is -0.824. The van der Waals surface area contributed by atoms with Crippen LogP contribution in [0.3, 0.4) is 0 Å². The van der Waals surface area contributed by atoms with Gasteiger partial charge in [0.15, 0.2) is 0 Å². The summed E-state index contributed by atoms with van der Waals surface area (Å²) >= 11 is 1.48. The van der Waals surface area contributed by atoms with Crippen molar-refractivity contribution in [3.63, 3.8) is 0 Å². The highest BCUT2D eigenvalue weighted by molar-refractivity contribution is 7.09. The number of ketones is 1. The largest absolute Gasteiger partial charge is 0.508 e. The van der Waals surface area contributed by atoms with Crippen molar-refractivity contribution in [2.75, 3.05) is 6.61 Å². The van der Waals surface area contributed by atoms with Crippen LogP contribution >= 0.6 is 11.3 Å². The number of aliphatic hydroxyl groups is 1. The summed E-state index contributed by atoms with van der Waals surface area (Å²) in [6.45, 7) is 4.69. The van der Waals surface area contributed by atoms with Gasteiger partial charge in [0, 0.05) is 10.4 Å². The maximum absolute atomic E-state index is 13.1. The molecule has 1 aliphatic heterocycles. The molecular formula is C26H25NO5S. The van der Waals surface area contributed by atoms with Crippen molar-refractivity contribution in [1.29, 1.82) is 0 Å². The predicted molar refractivity (Wildman–Crippen MR) is 127 cm³/mol. The monoisotopic (exact) mass is 463 g/mol. The number of phenolic OH excluding ortho intramolecular Hbond substituents is 1. The van der Waals surface area contributed by atoms with E-state index in [4.69, 9.17) is 4.74 Å². The number of phenols is 1. The van der Waals surface area contributed by atoms with Gasteiger partial charge in [-0.1, -0.05) is 25.1 Å². The SMILES string of the molecule is CCCOc1ccc(/C(O)=C2/C(=O)C(=O)N(Cc3cccs3)C2c2cccc(O)c2)cc1C. The lowest BCUT2D eigenvalue weighted by Gasteiger charge is -2.25. The van der Waals surface area contributed by atoms with Gasteiger partial charge in [-0.25, -0.2) is 0 Å². The van der Waals surface area contributed by atoms with Gasteiger partial charge in [0.2, 0.25) is 0 Å². The Morgan fingerprint density at radius 3 is 2.61 bits per heavy atom. The molecule has 2 N–H and O–H groups in total. The number of hydrogen-bond donors (Lipinski definition) is 2. The molecule has 2 heterocycles. The average Bonchev–Trinajstić information content (AvgIpc) is 3.40. The van der Waals surface area contributed by atoms with Crippen LogP contribution in [0.25, 0.3) is 5.76 Å². The number of nitrogens with zero attached hydrogens (tertiary/aromatic N) is 1. The fourth-order valence-corrected chi connectivity index (χ4v) is 4.68. The molecule has 1 amide bonds. The van der Waals surface area contributed by atoms with Gasteiger partial charge < -0.3 is 19.8 Å². The minimum absolute atomic E-state index is 0.00350. The third-order valence-electron chi connectivity index (χ3n) is 5.54. The molecule has 2 aromatic carbocycles. The highest BCUT2D eigenvalue weighted by Crippen LogP contribution is 2.41. The molecule has 0 spiro atoms. The lowest BCUT2D eigenvalue weighted by Crippen LogP contribution is -2.28. The standard InChI is InChI=1S/C26H25NO5S/c1-3-11-32-21-10-9-18(13-16(21)2)24(29)22-23(17-6-4-7-19(28)14-17)27(26(31)25(22)30)15-20-8-5-12-33-20/h4-10,12-14,23,28-29H,3,11,15H2,1-2H3/b24-22-. The predicted octanol–water partition coefficient (Wildman–Crippen LogP) is 5.17. The molecule has 170 valence electrons. The van der Waals surface area contributed by atoms with Gasteiger partial charge in [-0.15, -0.1) is 11.3 Å². The summed E-state index contributed by atoms with van der Waals surface area (Å²) in [6.07, 6.45) is 0.874. The number of aliphatic hydroxyl groups excluding tert-OH is 1. The van der Waals surface area contributed by atoms with Gasteiger partial charge in [0.1, 0.15) is 17.3 Å². The molecule has 6 nitrogen and oxygen atoms in total. The van der Waals surface area contributed by atoms with Crippen LogP contribution in [0.5, 0.6) is 11.5 Å². The Balaban J connectivity index is 1.82. The van der Waals surface area contributed by atoms with Crippen molar-refractivity contribution in [1.82, 2.24) is 4.90 Å². The number of aryl methyl sites for hydroxylation is 1. The zero-order chi connectivity index (χ0) is 23.5. The van der Waals surface area contributed by atoms with Crippen LogP contribution < -0.4 is 4.74 Å². The maximum Gasteiger partial charge on any atom is 0.295 e. The summed E-state index contributed by atoms with van der Waals surface area (Å²) in [6, 6.07) is 14.5. The number of likely N-dealkylation sites (tertiary alicyclic amines) is 1. The number of amides is 1. The first-order valence-corrected chi connectivity index (χ1v) is 11.6. The Morgan fingerprint density at radius 2 is 1.94 bits per heavy atom. The number of thiophene rings is 1. The van der Waals surface area contributed by atoms with Gasteiger partial charge in [-0.3, -0.25) is 9.59 Å². The zero-order valence-electron chi connectivity index (χ0n) is 18.4. The first-order valence-electron chi connectivity index (χ1n) is 10.7. The van der Waals surface area contributed by atoms with Crippen LogP contribution in [0.1, 0.15) is 41.0 Å². The van der Waals surface area contributed by atoms with Crippen molar-refractivity contribution < 1.29 is 24.5 Å². The van der Waals surface area contributed by atoms with Crippen LogP contribution in [0.2, 0.25) is 0 Å². The number of benzene rings is 2. The van der Waals surface area contributed by atoms with Crippen LogP contribution in [0.4, 0.5) is 0 Å². The van der Waals surface area contributed by atoms with Crippen molar-refractivity contribution in [2.45, 2.75) is 32.9 Å². The molecule has 1 fully saturated rings. The maximum atomic E-state index is 13.1. The average molecular weight is 464 g/mol. The minimum Gasteiger partial charge on any atom is -0.508 e. The van der Waals surface area contributed by atoms with Gasteiger partial charge in [0.05, 0.1) is 24.8 Å². The van der Waals surface area contributed by atoms with E-state index in [1.54, 1.807) is 30.3 Å². The van der Waals surface area contributed by atoms with Gasteiger partial charge in [0.25, 0.3) is 11.7 Å². The molecule has 0 saturated carbocycles. The van der Waals surface area contributed by atoms with Gasteiger partial charge >= 0.3 is 0 Å². The number of rotatable bonds is 7. The van der Waals surface area contributed by atoms with E-state index < -0.39 is 17.7 Å². The number of aromatic hydroxyl groups is 1. The normalized spacial score (nSPS) is 17.5. The van der Waals surface area contributed by atoms with Crippen LogP contribution in [0.15, 0.2) is 65.6 Å². The quantitative estimate of drug-likeness (QED) is 0.287. The second kappa shape index (κ2) is 9.50. The lowest BCUT2D eigenvalue weighted by atomic mass is 9.94. The van der Waals surface area contributed by atoms with E-state index in [1.807, 2.05) is 31.4 Å². The number of carbonyl (C=O) groups is 2. The molecule has 1 aliphatic rings. The fraction of sp³-hybridized carbons (Fsp3) is 0.231. The Morgan fingerprint density at radius 1 is 1.12 bits per heavy atom. The molecule has 1 atom stereocenters. The van der Waals surface area contributed by atoms with Crippen LogP contribution in [-0.2, 0) is 16.1 Å².